The molecule has 5 nitrogen and oxygen atoms in total. The average Bonchev–Trinajstić information content (AvgIpc) is 2.40. The molecule has 0 unspecified atom stereocenters. The Kier molecular flexibility index (Phi) is 4.43. The van der Waals surface area contributed by atoms with E-state index in [2.05, 4.69) is 26.3 Å². The summed E-state index contributed by atoms with van der Waals surface area (Å²) in [5.41, 5.74) is 0.145. The molecule has 0 saturated carbocycles. The summed E-state index contributed by atoms with van der Waals surface area (Å²) in [5.74, 6) is 0. The first kappa shape index (κ1) is 14.3. The van der Waals surface area contributed by atoms with Crippen LogP contribution in [0.2, 0.25) is 5.15 Å². The summed E-state index contributed by atoms with van der Waals surface area (Å²) in [6.45, 7) is 5.68. The third kappa shape index (κ3) is 4.20. The zero-order chi connectivity index (χ0) is 13.2. The van der Waals surface area contributed by atoms with Gasteiger partial charge in [-0.25, -0.2) is 4.79 Å². The van der Waals surface area contributed by atoms with Gasteiger partial charge in [0.15, 0.2) is 0 Å². The molecule has 7 heteroatoms. The van der Waals surface area contributed by atoms with Gasteiger partial charge >= 0.3 is 6.09 Å². The number of carbonyl (C=O) groups is 1. The minimum atomic E-state index is -0.511. The van der Waals surface area contributed by atoms with Crippen LogP contribution in [-0.4, -0.2) is 21.5 Å². The number of rotatable bonds is 2. The van der Waals surface area contributed by atoms with Crippen molar-refractivity contribution < 1.29 is 9.53 Å². The number of halogens is 2. The summed E-state index contributed by atoms with van der Waals surface area (Å²) >= 11 is 9.23. The summed E-state index contributed by atoms with van der Waals surface area (Å²) in [6.07, 6.45) is -0.480. The van der Waals surface area contributed by atoms with Crippen LogP contribution in [0.15, 0.2) is 4.47 Å². The molecule has 0 aromatic carbocycles. The normalized spacial score (nSPS) is 11.4. The topological polar surface area (TPSA) is 56.2 Å². The molecule has 0 aliphatic carbocycles. The van der Waals surface area contributed by atoms with Crippen molar-refractivity contribution in [2.75, 3.05) is 0 Å². The summed E-state index contributed by atoms with van der Waals surface area (Å²) in [7, 11) is 1.73. The highest BCUT2D eigenvalue weighted by Crippen LogP contribution is 2.25. The monoisotopic (exact) mass is 323 g/mol. The number of nitrogens with one attached hydrogen (secondary N) is 1. The molecule has 1 amide bonds. The molecule has 0 spiro atoms. The number of ether oxygens (including phenoxy) is 1. The molecule has 0 fully saturated rings. The van der Waals surface area contributed by atoms with E-state index in [0.29, 0.717) is 15.3 Å². The molecule has 0 saturated heterocycles. The second-order valence-electron chi connectivity index (χ2n) is 4.53. The molecule has 1 aromatic rings. The number of amides is 1. The first-order valence-corrected chi connectivity index (χ1v) is 6.21. The highest BCUT2D eigenvalue weighted by molar-refractivity contribution is 9.10. The van der Waals surface area contributed by atoms with Crippen LogP contribution in [0.3, 0.4) is 0 Å². The molecule has 0 atom stereocenters. The number of aryl methyl sites for hydroxylation is 1. The first-order chi connectivity index (χ1) is 7.70. The van der Waals surface area contributed by atoms with Crippen LogP contribution >= 0.6 is 27.5 Å². The largest absolute Gasteiger partial charge is 0.444 e. The van der Waals surface area contributed by atoms with Gasteiger partial charge in [0.25, 0.3) is 0 Å². The molecule has 0 bridgehead atoms. The van der Waals surface area contributed by atoms with E-state index in [1.807, 2.05) is 0 Å². The molecule has 1 aromatic heterocycles. The molecule has 17 heavy (non-hydrogen) atoms. The SMILES string of the molecule is Cn1nc(CNC(=O)OC(C)(C)C)c(Br)c1Cl. The summed E-state index contributed by atoms with van der Waals surface area (Å²) in [6, 6.07) is 0. The Balaban J connectivity index is 2.56. The van der Waals surface area contributed by atoms with E-state index in [1.54, 1.807) is 27.8 Å². The molecule has 0 aliphatic heterocycles. The number of nitrogens with zero attached hydrogens (tertiary/aromatic N) is 2. The average molecular weight is 325 g/mol. The van der Waals surface area contributed by atoms with Crippen molar-refractivity contribution in [2.24, 2.45) is 7.05 Å². The fourth-order valence-corrected chi connectivity index (χ4v) is 1.74. The van der Waals surface area contributed by atoms with E-state index in [0.717, 1.165) is 0 Å². The van der Waals surface area contributed by atoms with E-state index >= 15 is 0 Å². The number of aromatic nitrogens is 2. The van der Waals surface area contributed by atoms with Crippen LogP contribution in [0.4, 0.5) is 4.79 Å². The standard InChI is InChI=1S/C10H15BrClN3O2/c1-10(2,3)17-9(16)13-5-6-7(11)8(12)15(4)14-6/h5H2,1-4H3,(H,13,16). The smallest absolute Gasteiger partial charge is 0.407 e. The van der Waals surface area contributed by atoms with Crippen molar-refractivity contribution in [3.63, 3.8) is 0 Å². The highest BCUT2D eigenvalue weighted by Gasteiger charge is 2.17. The van der Waals surface area contributed by atoms with Crippen molar-refractivity contribution >= 4 is 33.6 Å². The lowest BCUT2D eigenvalue weighted by Crippen LogP contribution is -2.32. The summed E-state index contributed by atoms with van der Waals surface area (Å²) < 4.78 is 7.31. The Morgan fingerprint density at radius 3 is 2.59 bits per heavy atom. The molecule has 1 heterocycles. The van der Waals surface area contributed by atoms with Gasteiger partial charge in [0.1, 0.15) is 10.8 Å². The Hall–Kier alpha value is -0.750. The van der Waals surface area contributed by atoms with Crippen molar-refractivity contribution in [1.29, 1.82) is 0 Å². The molecule has 0 radical (unpaired) electrons. The van der Waals surface area contributed by atoms with E-state index in [4.69, 9.17) is 16.3 Å². The van der Waals surface area contributed by atoms with Crippen LogP contribution in [0, 0.1) is 0 Å². The van der Waals surface area contributed by atoms with Gasteiger partial charge in [-0.3, -0.25) is 4.68 Å². The van der Waals surface area contributed by atoms with Gasteiger partial charge in [-0.1, -0.05) is 11.6 Å². The first-order valence-electron chi connectivity index (χ1n) is 5.04. The third-order valence-corrected chi connectivity index (χ3v) is 3.28. The fraction of sp³-hybridized carbons (Fsp3) is 0.600. The number of carbonyl (C=O) groups excluding carboxylic acids is 1. The molecule has 1 N–H and O–H groups in total. The van der Waals surface area contributed by atoms with E-state index in [1.165, 1.54) is 4.68 Å². The number of hydrogen-bond acceptors (Lipinski definition) is 3. The lowest BCUT2D eigenvalue weighted by Gasteiger charge is -2.19. The molecular weight excluding hydrogens is 309 g/mol. The van der Waals surface area contributed by atoms with Gasteiger partial charge in [0.05, 0.1) is 16.7 Å². The van der Waals surface area contributed by atoms with Gasteiger partial charge in [0.2, 0.25) is 0 Å². The molecule has 0 aliphatic rings. The van der Waals surface area contributed by atoms with Gasteiger partial charge < -0.3 is 10.1 Å². The minimum Gasteiger partial charge on any atom is -0.444 e. The van der Waals surface area contributed by atoms with Crippen LogP contribution in [-0.2, 0) is 18.3 Å². The van der Waals surface area contributed by atoms with Crippen molar-refractivity contribution in [2.45, 2.75) is 32.9 Å². The van der Waals surface area contributed by atoms with Gasteiger partial charge in [-0.15, -0.1) is 0 Å². The lowest BCUT2D eigenvalue weighted by molar-refractivity contribution is 0.0522. The third-order valence-electron chi connectivity index (χ3n) is 1.79. The zero-order valence-corrected chi connectivity index (χ0v) is 12.5. The minimum absolute atomic E-state index is 0.260. The second kappa shape index (κ2) is 5.27. The quantitative estimate of drug-likeness (QED) is 0.910. The van der Waals surface area contributed by atoms with Gasteiger partial charge in [-0.2, -0.15) is 5.10 Å². The zero-order valence-electron chi connectivity index (χ0n) is 10.2. The summed E-state index contributed by atoms with van der Waals surface area (Å²) in [4.78, 5) is 11.4. The molecular formula is C10H15BrClN3O2. The Morgan fingerprint density at radius 2 is 2.18 bits per heavy atom. The maximum Gasteiger partial charge on any atom is 0.407 e. The van der Waals surface area contributed by atoms with Gasteiger partial charge in [0, 0.05) is 7.05 Å². The van der Waals surface area contributed by atoms with E-state index < -0.39 is 11.7 Å². The highest BCUT2D eigenvalue weighted by atomic mass is 79.9. The van der Waals surface area contributed by atoms with E-state index in [-0.39, 0.29) is 6.54 Å². The predicted molar refractivity (Wildman–Crippen MR) is 69.0 cm³/mol. The fourth-order valence-electron chi connectivity index (χ4n) is 1.11. The maximum absolute atomic E-state index is 11.4. The summed E-state index contributed by atoms with van der Waals surface area (Å²) in [5, 5.41) is 7.25. The van der Waals surface area contributed by atoms with Crippen LogP contribution in [0.25, 0.3) is 0 Å². The molecule has 1 rings (SSSR count). The molecule has 96 valence electrons. The van der Waals surface area contributed by atoms with Crippen LogP contribution in [0.5, 0.6) is 0 Å². The van der Waals surface area contributed by atoms with Crippen molar-refractivity contribution in [3.05, 3.63) is 15.3 Å². The van der Waals surface area contributed by atoms with Crippen LogP contribution in [0.1, 0.15) is 26.5 Å². The predicted octanol–water partition coefficient (Wildman–Crippen LogP) is 2.86. The number of alkyl carbamates (subject to hydrolysis) is 1. The van der Waals surface area contributed by atoms with Crippen molar-refractivity contribution in [3.8, 4) is 0 Å². The van der Waals surface area contributed by atoms with Gasteiger partial charge in [-0.05, 0) is 36.7 Å². The maximum atomic E-state index is 11.4. The Bertz CT molecular complexity index is 426. The van der Waals surface area contributed by atoms with E-state index in [9.17, 15) is 4.79 Å². The second-order valence-corrected chi connectivity index (χ2v) is 5.68. The van der Waals surface area contributed by atoms with Crippen LogP contribution < -0.4 is 5.32 Å². The lowest BCUT2D eigenvalue weighted by atomic mass is 10.2. The van der Waals surface area contributed by atoms with Crippen molar-refractivity contribution in [1.82, 2.24) is 15.1 Å². The number of hydrogen-bond donors (Lipinski definition) is 1. The Labute approximate surface area is 114 Å². The Morgan fingerprint density at radius 1 is 1.59 bits per heavy atom.